The first-order chi connectivity index (χ1) is 7.33. The zero-order valence-electron chi connectivity index (χ0n) is 9.06. The van der Waals surface area contributed by atoms with Crippen LogP contribution in [0.4, 0.5) is 0 Å². The van der Waals surface area contributed by atoms with Crippen molar-refractivity contribution in [2.45, 2.75) is 19.0 Å². The first-order valence-electron chi connectivity index (χ1n) is 5.38. The highest BCUT2D eigenvalue weighted by molar-refractivity contribution is 7.99. The lowest BCUT2D eigenvalue weighted by molar-refractivity contribution is 0.165. The normalized spacial score (nSPS) is 25.3. The number of nitrogens with zero attached hydrogens (tertiary/aromatic N) is 1. The fourth-order valence-electron chi connectivity index (χ4n) is 2.13. The van der Waals surface area contributed by atoms with Crippen molar-refractivity contribution in [3.05, 3.63) is 24.2 Å². The van der Waals surface area contributed by atoms with Crippen LogP contribution < -0.4 is 5.73 Å². The summed E-state index contributed by atoms with van der Waals surface area (Å²) in [7, 11) is 0. The molecular weight excluding hydrogens is 208 g/mol. The van der Waals surface area contributed by atoms with Crippen molar-refractivity contribution < 1.29 is 4.42 Å². The summed E-state index contributed by atoms with van der Waals surface area (Å²) in [5, 5.41) is 0. The van der Waals surface area contributed by atoms with Crippen LogP contribution in [0.3, 0.4) is 0 Å². The van der Waals surface area contributed by atoms with Gasteiger partial charge in [0.25, 0.3) is 0 Å². The number of thioether (sulfide) groups is 1. The van der Waals surface area contributed by atoms with E-state index in [1.807, 2.05) is 24.1 Å². The minimum atomic E-state index is 0.319. The predicted octanol–water partition coefficient (Wildman–Crippen LogP) is 1.72. The van der Waals surface area contributed by atoms with E-state index in [0.717, 1.165) is 6.54 Å². The van der Waals surface area contributed by atoms with Crippen molar-refractivity contribution >= 4 is 11.8 Å². The average molecular weight is 226 g/mol. The smallest absolute Gasteiger partial charge is 0.0950 e. The summed E-state index contributed by atoms with van der Waals surface area (Å²) in [4.78, 5) is 2.49. The van der Waals surface area contributed by atoms with Crippen molar-refractivity contribution in [2.75, 3.05) is 24.6 Å². The monoisotopic (exact) mass is 226 g/mol. The summed E-state index contributed by atoms with van der Waals surface area (Å²) < 4.78 is 5.14. The Morgan fingerprint density at radius 3 is 3.20 bits per heavy atom. The Hall–Kier alpha value is -0.450. The second kappa shape index (κ2) is 5.05. The fraction of sp³-hybridized carbons (Fsp3) is 0.636. The molecule has 0 aliphatic carbocycles. The van der Waals surface area contributed by atoms with Gasteiger partial charge in [-0.3, -0.25) is 4.90 Å². The molecule has 84 valence electrons. The van der Waals surface area contributed by atoms with Crippen molar-refractivity contribution in [1.29, 1.82) is 0 Å². The highest BCUT2D eigenvalue weighted by Crippen LogP contribution is 2.27. The molecule has 1 aromatic heterocycles. The summed E-state index contributed by atoms with van der Waals surface area (Å²) in [5.41, 5.74) is 7.07. The van der Waals surface area contributed by atoms with Gasteiger partial charge in [-0.1, -0.05) is 0 Å². The second-order valence-corrected chi connectivity index (χ2v) is 5.12. The maximum absolute atomic E-state index is 5.87. The van der Waals surface area contributed by atoms with Gasteiger partial charge in [0.2, 0.25) is 0 Å². The van der Waals surface area contributed by atoms with Gasteiger partial charge in [0.15, 0.2) is 0 Å². The van der Waals surface area contributed by atoms with Gasteiger partial charge >= 0.3 is 0 Å². The van der Waals surface area contributed by atoms with E-state index in [1.165, 1.54) is 17.1 Å². The Morgan fingerprint density at radius 2 is 2.60 bits per heavy atom. The molecule has 1 aliphatic rings. The zero-order valence-corrected chi connectivity index (χ0v) is 9.87. The molecule has 0 amide bonds. The molecule has 3 nitrogen and oxygen atoms in total. The van der Waals surface area contributed by atoms with Crippen LogP contribution in [0, 0.1) is 0 Å². The minimum absolute atomic E-state index is 0.319. The largest absolute Gasteiger partial charge is 0.472 e. The van der Waals surface area contributed by atoms with Gasteiger partial charge in [-0.2, -0.15) is 11.8 Å². The van der Waals surface area contributed by atoms with Crippen LogP contribution >= 0.6 is 11.8 Å². The van der Waals surface area contributed by atoms with E-state index in [2.05, 4.69) is 11.8 Å². The molecule has 1 fully saturated rings. The van der Waals surface area contributed by atoms with Crippen molar-refractivity contribution in [3.63, 3.8) is 0 Å². The van der Waals surface area contributed by atoms with E-state index in [4.69, 9.17) is 10.2 Å². The zero-order chi connectivity index (χ0) is 10.7. The SMILES string of the molecule is CC1CSCCN1C(CN)c1ccoc1. The predicted molar refractivity (Wildman–Crippen MR) is 64.0 cm³/mol. The second-order valence-electron chi connectivity index (χ2n) is 3.97. The van der Waals surface area contributed by atoms with Crippen LogP contribution in [0.15, 0.2) is 23.0 Å². The molecule has 1 aliphatic heterocycles. The minimum Gasteiger partial charge on any atom is -0.472 e. The third kappa shape index (κ3) is 2.38. The lowest BCUT2D eigenvalue weighted by Crippen LogP contribution is -2.45. The van der Waals surface area contributed by atoms with Crippen LogP contribution in [0.2, 0.25) is 0 Å². The molecular formula is C11H18N2OS. The molecule has 2 atom stereocenters. The number of furan rings is 1. The lowest BCUT2D eigenvalue weighted by Gasteiger charge is -2.38. The van der Waals surface area contributed by atoms with Gasteiger partial charge in [0.05, 0.1) is 18.6 Å². The van der Waals surface area contributed by atoms with Gasteiger partial charge in [-0.25, -0.2) is 0 Å². The maximum atomic E-state index is 5.87. The maximum Gasteiger partial charge on any atom is 0.0950 e. The standard InChI is InChI=1S/C11H18N2OS/c1-9-8-15-5-3-13(9)11(6-12)10-2-4-14-7-10/h2,4,7,9,11H,3,5-6,8,12H2,1H3. The topological polar surface area (TPSA) is 42.4 Å². The Kier molecular flexibility index (Phi) is 3.72. The number of hydrogen-bond acceptors (Lipinski definition) is 4. The molecule has 0 saturated carbocycles. The molecule has 1 aromatic rings. The quantitative estimate of drug-likeness (QED) is 0.852. The lowest BCUT2D eigenvalue weighted by atomic mass is 10.1. The van der Waals surface area contributed by atoms with E-state index in [0.29, 0.717) is 18.6 Å². The molecule has 2 rings (SSSR count). The summed E-state index contributed by atoms with van der Waals surface area (Å²) >= 11 is 2.03. The van der Waals surface area contributed by atoms with Crippen molar-refractivity contribution in [1.82, 2.24) is 4.90 Å². The number of rotatable bonds is 3. The molecule has 2 N–H and O–H groups in total. The van der Waals surface area contributed by atoms with Gasteiger partial charge in [0.1, 0.15) is 0 Å². The molecule has 4 heteroatoms. The molecule has 1 saturated heterocycles. The Balaban J connectivity index is 2.11. The summed E-state index contributed by atoms with van der Waals surface area (Å²) in [6.45, 7) is 4.06. The molecule has 0 radical (unpaired) electrons. The van der Waals surface area contributed by atoms with Gasteiger partial charge in [0, 0.05) is 36.2 Å². The van der Waals surface area contributed by atoms with Crippen LogP contribution in [0.1, 0.15) is 18.5 Å². The highest BCUT2D eigenvalue weighted by Gasteiger charge is 2.26. The van der Waals surface area contributed by atoms with E-state index >= 15 is 0 Å². The molecule has 0 aromatic carbocycles. The first-order valence-corrected chi connectivity index (χ1v) is 6.54. The third-order valence-electron chi connectivity index (χ3n) is 2.97. The van der Waals surface area contributed by atoms with E-state index in [-0.39, 0.29) is 0 Å². The fourth-order valence-corrected chi connectivity index (χ4v) is 3.17. The first kappa shape index (κ1) is 11.0. The Bertz CT molecular complexity index is 289. The Labute approximate surface area is 95.0 Å². The molecule has 15 heavy (non-hydrogen) atoms. The molecule has 0 bridgehead atoms. The van der Waals surface area contributed by atoms with Crippen LogP contribution in [0.5, 0.6) is 0 Å². The van der Waals surface area contributed by atoms with Crippen LogP contribution in [0.25, 0.3) is 0 Å². The molecule has 2 heterocycles. The average Bonchev–Trinajstić information content (AvgIpc) is 2.75. The van der Waals surface area contributed by atoms with Crippen LogP contribution in [-0.4, -0.2) is 35.5 Å². The van der Waals surface area contributed by atoms with Gasteiger partial charge in [-0.15, -0.1) is 0 Å². The van der Waals surface area contributed by atoms with E-state index < -0.39 is 0 Å². The van der Waals surface area contributed by atoms with Gasteiger partial charge in [-0.05, 0) is 13.0 Å². The number of nitrogens with two attached hydrogens (primary N) is 1. The summed E-state index contributed by atoms with van der Waals surface area (Å²) in [6, 6.07) is 2.94. The van der Waals surface area contributed by atoms with Crippen LogP contribution in [-0.2, 0) is 0 Å². The Morgan fingerprint density at radius 1 is 1.73 bits per heavy atom. The molecule has 2 unspecified atom stereocenters. The highest BCUT2D eigenvalue weighted by atomic mass is 32.2. The van der Waals surface area contributed by atoms with E-state index in [1.54, 1.807) is 6.26 Å². The third-order valence-corrected chi connectivity index (χ3v) is 4.16. The van der Waals surface area contributed by atoms with E-state index in [9.17, 15) is 0 Å². The molecule has 0 spiro atoms. The van der Waals surface area contributed by atoms with Gasteiger partial charge < -0.3 is 10.2 Å². The summed E-state index contributed by atoms with van der Waals surface area (Å²) in [6.07, 6.45) is 3.54. The van der Waals surface area contributed by atoms with Crippen molar-refractivity contribution in [3.8, 4) is 0 Å². The summed E-state index contributed by atoms with van der Waals surface area (Å²) in [5.74, 6) is 2.41. The van der Waals surface area contributed by atoms with Crippen molar-refractivity contribution in [2.24, 2.45) is 5.73 Å². The number of hydrogen-bond donors (Lipinski definition) is 1.